The molecule has 1 N–H and O–H groups in total. The predicted octanol–water partition coefficient (Wildman–Crippen LogP) is 3.26. The van der Waals surface area contributed by atoms with Crippen molar-refractivity contribution in [3.8, 4) is 0 Å². The number of rotatable bonds is 6. The molecule has 1 aliphatic rings. The van der Waals surface area contributed by atoms with Crippen LogP contribution in [-0.4, -0.2) is 49.4 Å². The first-order valence-corrected chi connectivity index (χ1v) is 10.00. The van der Waals surface area contributed by atoms with Crippen LogP contribution in [0.1, 0.15) is 22.5 Å². The number of amides is 2. The lowest BCUT2D eigenvalue weighted by molar-refractivity contribution is -0.131. The minimum atomic E-state index is -0.0687. The molecule has 0 saturated carbocycles. The molecule has 1 aromatic carbocycles. The second-order valence-corrected chi connectivity index (χ2v) is 7.51. The summed E-state index contributed by atoms with van der Waals surface area (Å²) in [5, 5.41) is 5.48. The second kappa shape index (κ2) is 9.05. The van der Waals surface area contributed by atoms with Crippen molar-refractivity contribution in [3.05, 3.63) is 51.7 Å². The van der Waals surface area contributed by atoms with E-state index >= 15 is 0 Å². The minimum Gasteiger partial charge on any atom is -0.367 e. The molecule has 1 fully saturated rings. The summed E-state index contributed by atoms with van der Waals surface area (Å²) in [6, 6.07) is 11.4. The van der Waals surface area contributed by atoms with Crippen LogP contribution in [0.2, 0.25) is 5.02 Å². The summed E-state index contributed by atoms with van der Waals surface area (Å²) in [5.41, 5.74) is 1.03. The minimum absolute atomic E-state index is 0.0687. The molecule has 26 heavy (non-hydrogen) atoms. The standard InChI is InChI=1S/C19H22ClN3O2S/c20-15-5-1-2-6-16(15)22-10-12-23(13-11-22)18(24)8-3-9-21-19(25)17-7-4-14-26-17/h1-2,4-7,14H,3,8-13H2,(H,21,25). The molecule has 0 unspecified atom stereocenters. The maximum atomic E-state index is 12.4. The molecule has 3 rings (SSSR count). The van der Waals surface area contributed by atoms with Crippen LogP contribution in [0.25, 0.3) is 0 Å². The Bertz CT molecular complexity index is 743. The van der Waals surface area contributed by atoms with Crippen molar-refractivity contribution >= 4 is 40.4 Å². The van der Waals surface area contributed by atoms with Crippen molar-refractivity contribution in [2.45, 2.75) is 12.8 Å². The van der Waals surface area contributed by atoms with Crippen LogP contribution in [-0.2, 0) is 4.79 Å². The number of thiophene rings is 1. The first-order valence-electron chi connectivity index (χ1n) is 8.74. The number of hydrogen-bond donors (Lipinski definition) is 1. The van der Waals surface area contributed by atoms with Gasteiger partial charge in [-0.05, 0) is 30.0 Å². The van der Waals surface area contributed by atoms with Crippen molar-refractivity contribution in [1.29, 1.82) is 0 Å². The third-order valence-corrected chi connectivity index (χ3v) is 5.61. The Morgan fingerprint density at radius 1 is 1.08 bits per heavy atom. The van der Waals surface area contributed by atoms with Crippen LogP contribution in [0, 0.1) is 0 Å². The van der Waals surface area contributed by atoms with Crippen molar-refractivity contribution in [1.82, 2.24) is 10.2 Å². The van der Waals surface area contributed by atoms with Crippen LogP contribution in [0.5, 0.6) is 0 Å². The van der Waals surface area contributed by atoms with Gasteiger partial charge in [-0.25, -0.2) is 0 Å². The van der Waals surface area contributed by atoms with Gasteiger partial charge in [0, 0.05) is 39.1 Å². The molecule has 0 aliphatic carbocycles. The first-order chi connectivity index (χ1) is 12.6. The number of anilines is 1. The fourth-order valence-corrected chi connectivity index (χ4v) is 3.89. The SMILES string of the molecule is O=C(NCCCC(=O)N1CCN(c2ccccc2Cl)CC1)c1cccs1. The quantitative estimate of drug-likeness (QED) is 0.769. The molecule has 2 aromatic rings. The Hall–Kier alpha value is -2.05. The normalized spacial score (nSPS) is 14.3. The molecule has 0 radical (unpaired) electrons. The fraction of sp³-hybridized carbons (Fsp3) is 0.368. The van der Waals surface area contributed by atoms with Gasteiger partial charge >= 0.3 is 0 Å². The highest BCUT2D eigenvalue weighted by molar-refractivity contribution is 7.12. The van der Waals surface area contributed by atoms with Gasteiger partial charge in [-0.15, -0.1) is 11.3 Å². The third-order valence-electron chi connectivity index (χ3n) is 4.42. The molecule has 1 saturated heterocycles. The van der Waals surface area contributed by atoms with Gasteiger partial charge in [0.2, 0.25) is 5.91 Å². The van der Waals surface area contributed by atoms with Crippen LogP contribution < -0.4 is 10.2 Å². The Balaban J connectivity index is 1.37. The summed E-state index contributed by atoms with van der Waals surface area (Å²) in [6.07, 6.45) is 1.11. The van der Waals surface area contributed by atoms with E-state index in [9.17, 15) is 9.59 Å². The molecule has 138 valence electrons. The summed E-state index contributed by atoms with van der Waals surface area (Å²) in [6.45, 7) is 3.48. The largest absolute Gasteiger partial charge is 0.367 e. The molecule has 2 amide bonds. The van der Waals surface area contributed by atoms with Gasteiger partial charge in [-0.2, -0.15) is 0 Å². The zero-order valence-corrected chi connectivity index (χ0v) is 16.1. The highest BCUT2D eigenvalue weighted by Crippen LogP contribution is 2.26. The molecule has 0 atom stereocenters. The Labute approximate surface area is 162 Å². The van der Waals surface area contributed by atoms with Crippen molar-refractivity contribution in [3.63, 3.8) is 0 Å². The van der Waals surface area contributed by atoms with Gasteiger partial charge in [0.05, 0.1) is 15.6 Å². The maximum Gasteiger partial charge on any atom is 0.261 e. The number of para-hydroxylation sites is 1. The number of carbonyl (C=O) groups excluding carboxylic acids is 2. The molecule has 2 heterocycles. The van der Waals surface area contributed by atoms with Crippen molar-refractivity contribution in [2.75, 3.05) is 37.6 Å². The van der Waals surface area contributed by atoms with Gasteiger partial charge in [-0.3, -0.25) is 9.59 Å². The van der Waals surface area contributed by atoms with E-state index in [1.54, 1.807) is 6.07 Å². The molecule has 1 aliphatic heterocycles. The van der Waals surface area contributed by atoms with Crippen molar-refractivity contribution < 1.29 is 9.59 Å². The van der Waals surface area contributed by atoms with Crippen LogP contribution >= 0.6 is 22.9 Å². The summed E-state index contributed by atoms with van der Waals surface area (Å²) >= 11 is 7.66. The van der Waals surface area contributed by atoms with E-state index in [-0.39, 0.29) is 11.8 Å². The van der Waals surface area contributed by atoms with E-state index in [1.807, 2.05) is 40.6 Å². The molecule has 0 bridgehead atoms. The van der Waals surface area contributed by atoms with Gasteiger partial charge in [0.15, 0.2) is 0 Å². The Kier molecular flexibility index (Phi) is 6.52. The number of nitrogens with one attached hydrogen (secondary N) is 1. The van der Waals surface area contributed by atoms with Crippen LogP contribution in [0.3, 0.4) is 0 Å². The molecule has 0 spiro atoms. The highest BCUT2D eigenvalue weighted by atomic mass is 35.5. The lowest BCUT2D eigenvalue weighted by Crippen LogP contribution is -2.49. The number of carbonyl (C=O) groups is 2. The zero-order chi connectivity index (χ0) is 18.4. The molecular weight excluding hydrogens is 370 g/mol. The molecule has 1 aromatic heterocycles. The van der Waals surface area contributed by atoms with Crippen molar-refractivity contribution in [2.24, 2.45) is 0 Å². The number of benzene rings is 1. The summed E-state index contributed by atoms with van der Waals surface area (Å²) in [4.78, 5) is 29.0. The summed E-state index contributed by atoms with van der Waals surface area (Å²) in [7, 11) is 0. The third kappa shape index (κ3) is 4.77. The smallest absolute Gasteiger partial charge is 0.261 e. The van der Waals surface area contributed by atoms with E-state index < -0.39 is 0 Å². The van der Waals surface area contributed by atoms with E-state index in [2.05, 4.69) is 10.2 Å². The predicted molar refractivity (Wildman–Crippen MR) is 106 cm³/mol. The van der Waals surface area contributed by atoms with Gasteiger partial charge in [-0.1, -0.05) is 29.8 Å². The topological polar surface area (TPSA) is 52.7 Å². The first kappa shape index (κ1) is 18.7. The van der Waals surface area contributed by atoms with Crippen LogP contribution in [0.15, 0.2) is 41.8 Å². The average Bonchev–Trinajstić information content (AvgIpc) is 3.20. The van der Waals surface area contributed by atoms with E-state index in [4.69, 9.17) is 11.6 Å². The average molecular weight is 392 g/mol. The monoisotopic (exact) mass is 391 g/mol. The van der Waals surface area contributed by atoms with Crippen LogP contribution in [0.4, 0.5) is 5.69 Å². The van der Waals surface area contributed by atoms with Gasteiger partial charge < -0.3 is 15.1 Å². The lowest BCUT2D eigenvalue weighted by atomic mass is 10.2. The molecule has 7 heteroatoms. The zero-order valence-electron chi connectivity index (χ0n) is 14.5. The van der Waals surface area contributed by atoms with E-state index in [0.717, 1.165) is 23.8 Å². The summed E-state index contributed by atoms with van der Waals surface area (Å²) in [5.74, 6) is 0.0787. The fourth-order valence-electron chi connectivity index (χ4n) is 3.00. The van der Waals surface area contributed by atoms with Gasteiger partial charge in [0.25, 0.3) is 5.91 Å². The summed E-state index contributed by atoms with van der Waals surface area (Å²) < 4.78 is 0. The van der Waals surface area contributed by atoms with E-state index in [0.29, 0.717) is 37.4 Å². The maximum absolute atomic E-state index is 12.4. The Morgan fingerprint density at radius 2 is 1.85 bits per heavy atom. The number of halogens is 1. The molecular formula is C19H22ClN3O2S. The lowest BCUT2D eigenvalue weighted by Gasteiger charge is -2.36. The Morgan fingerprint density at radius 3 is 2.54 bits per heavy atom. The van der Waals surface area contributed by atoms with E-state index in [1.165, 1.54) is 11.3 Å². The highest BCUT2D eigenvalue weighted by Gasteiger charge is 2.21. The van der Waals surface area contributed by atoms with Gasteiger partial charge in [0.1, 0.15) is 0 Å². The number of piperazine rings is 1. The second-order valence-electron chi connectivity index (χ2n) is 6.16. The number of nitrogens with zero attached hydrogens (tertiary/aromatic N) is 2. The number of hydrogen-bond acceptors (Lipinski definition) is 4. The molecule has 5 nitrogen and oxygen atoms in total.